The van der Waals surface area contributed by atoms with E-state index in [4.69, 9.17) is 18.9 Å². The van der Waals surface area contributed by atoms with Crippen LogP contribution in [0.1, 0.15) is 13.3 Å². The molecule has 3 aliphatic rings. The summed E-state index contributed by atoms with van der Waals surface area (Å²) < 4.78 is 22.6. The Labute approximate surface area is 99.7 Å². The minimum Gasteiger partial charge on any atom is -0.378 e. The fourth-order valence-corrected chi connectivity index (χ4v) is 2.66. The standard InChI is InChI=1S/C12H16O5/c1-2-14-8-11-4-3-10(17-11)9(13)7-12(11)15-5-6-16-12/h3-4,10H,2,5-8H2,1H3/t10-,11+/m1/s1. The molecule has 94 valence electrons. The molecule has 2 bridgehead atoms. The monoisotopic (exact) mass is 240 g/mol. The molecular formula is C12H16O5. The summed E-state index contributed by atoms with van der Waals surface area (Å²) in [6, 6.07) is 0. The van der Waals surface area contributed by atoms with Gasteiger partial charge in [0.1, 0.15) is 6.10 Å². The predicted octanol–water partition coefficient (Wildman–Crippen LogP) is 0.433. The highest BCUT2D eigenvalue weighted by Gasteiger charge is 2.64. The van der Waals surface area contributed by atoms with Crippen LogP contribution in [-0.2, 0) is 23.7 Å². The van der Waals surface area contributed by atoms with E-state index in [-0.39, 0.29) is 12.2 Å². The summed E-state index contributed by atoms with van der Waals surface area (Å²) in [7, 11) is 0. The van der Waals surface area contributed by atoms with Crippen LogP contribution in [0.5, 0.6) is 0 Å². The topological polar surface area (TPSA) is 54.0 Å². The second-order valence-electron chi connectivity index (χ2n) is 4.52. The van der Waals surface area contributed by atoms with E-state index >= 15 is 0 Å². The molecule has 0 aromatic rings. The van der Waals surface area contributed by atoms with Gasteiger partial charge in [0, 0.05) is 6.61 Å². The van der Waals surface area contributed by atoms with Crippen LogP contribution in [0.15, 0.2) is 12.2 Å². The number of hydrogen-bond acceptors (Lipinski definition) is 5. The SMILES string of the molecule is CCOC[C@]12C=C[C@@H](O1)C(=O)CC21OCCO1. The molecule has 17 heavy (non-hydrogen) atoms. The molecule has 2 fully saturated rings. The van der Waals surface area contributed by atoms with Crippen molar-refractivity contribution in [1.29, 1.82) is 0 Å². The molecule has 0 aromatic heterocycles. The number of carbonyl (C=O) groups excluding carboxylic acids is 1. The molecule has 0 radical (unpaired) electrons. The lowest BCUT2D eigenvalue weighted by molar-refractivity contribution is -0.292. The van der Waals surface area contributed by atoms with Crippen LogP contribution in [0.2, 0.25) is 0 Å². The molecule has 3 heterocycles. The van der Waals surface area contributed by atoms with E-state index in [0.29, 0.717) is 26.4 Å². The highest BCUT2D eigenvalue weighted by molar-refractivity contribution is 5.88. The lowest BCUT2D eigenvalue weighted by Crippen LogP contribution is -2.62. The van der Waals surface area contributed by atoms with Gasteiger partial charge in [0.15, 0.2) is 11.4 Å². The van der Waals surface area contributed by atoms with Gasteiger partial charge in [-0.05, 0) is 19.1 Å². The molecule has 1 spiro atoms. The third-order valence-corrected chi connectivity index (χ3v) is 3.52. The second kappa shape index (κ2) is 3.88. The highest BCUT2D eigenvalue weighted by Crippen LogP contribution is 2.47. The average molecular weight is 240 g/mol. The zero-order valence-electron chi connectivity index (χ0n) is 9.81. The largest absolute Gasteiger partial charge is 0.378 e. The van der Waals surface area contributed by atoms with E-state index in [9.17, 15) is 4.79 Å². The maximum Gasteiger partial charge on any atom is 0.211 e. The highest BCUT2D eigenvalue weighted by atomic mass is 16.8. The van der Waals surface area contributed by atoms with Gasteiger partial charge in [-0.2, -0.15) is 0 Å². The first-order valence-electron chi connectivity index (χ1n) is 5.97. The number of rotatable bonds is 3. The summed E-state index contributed by atoms with van der Waals surface area (Å²) >= 11 is 0. The van der Waals surface area contributed by atoms with Gasteiger partial charge < -0.3 is 18.9 Å². The molecule has 0 saturated carbocycles. The van der Waals surface area contributed by atoms with Crippen LogP contribution in [-0.4, -0.2) is 49.7 Å². The molecule has 0 aliphatic carbocycles. The molecule has 0 N–H and O–H groups in total. The quantitative estimate of drug-likeness (QED) is 0.670. The van der Waals surface area contributed by atoms with Crippen molar-refractivity contribution in [3.05, 3.63) is 12.2 Å². The van der Waals surface area contributed by atoms with Crippen molar-refractivity contribution in [2.45, 2.75) is 30.8 Å². The average Bonchev–Trinajstić information content (AvgIpc) is 2.92. The van der Waals surface area contributed by atoms with Gasteiger partial charge in [0.05, 0.1) is 26.2 Å². The third kappa shape index (κ3) is 1.50. The maximum absolute atomic E-state index is 11.9. The number of carbonyl (C=O) groups is 1. The Morgan fingerprint density at radius 3 is 2.94 bits per heavy atom. The second-order valence-corrected chi connectivity index (χ2v) is 4.52. The van der Waals surface area contributed by atoms with Gasteiger partial charge in [-0.1, -0.05) is 0 Å². The predicted molar refractivity (Wildman–Crippen MR) is 57.5 cm³/mol. The Hall–Kier alpha value is -0.750. The van der Waals surface area contributed by atoms with Gasteiger partial charge in [0.25, 0.3) is 0 Å². The van der Waals surface area contributed by atoms with Gasteiger partial charge in [0.2, 0.25) is 5.79 Å². The van der Waals surface area contributed by atoms with Gasteiger partial charge in [-0.3, -0.25) is 4.79 Å². The Kier molecular flexibility index (Phi) is 2.59. The molecular weight excluding hydrogens is 224 g/mol. The Balaban J connectivity index is 1.93. The molecule has 3 aliphatic heterocycles. The number of ketones is 1. The van der Waals surface area contributed by atoms with E-state index < -0.39 is 17.5 Å². The zero-order valence-corrected chi connectivity index (χ0v) is 9.81. The van der Waals surface area contributed by atoms with E-state index in [1.54, 1.807) is 6.08 Å². The Morgan fingerprint density at radius 1 is 1.47 bits per heavy atom. The smallest absolute Gasteiger partial charge is 0.211 e. The first-order valence-corrected chi connectivity index (χ1v) is 5.97. The zero-order chi connectivity index (χ0) is 11.9. The van der Waals surface area contributed by atoms with E-state index in [0.717, 1.165) is 0 Å². The number of hydrogen-bond donors (Lipinski definition) is 0. The molecule has 5 heteroatoms. The minimum absolute atomic E-state index is 0.00720. The molecule has 0 unspecified atom stereocenters. The Morgan fingerprint density at radius 2 is 2.24 bits per heavy atom. The van der Waals surface area contributed by atoms with Crippen molar-refractivity contribution >= 4 is 5.78 Å². The summed E-state index contributed by atoms with van der Waals surface area (Å²) in [6.07, 6.45) is 3.41. The summed E-state index contributed by atoms with van der Waals surface area (Å²) in [5.74, 6) is -0.976. The molecule has 0 amide bonds. The number of ether oxygens (including phenoxy) is 4. The summed E-state index contributed by atoms with van der Waals surface area (Å²) in [5.41, 5.74) is -0.766. The first-order chi connectivity index (χ1) is 8.21. The lowest BCUT2D eigenvalue weighted by atomic mass is 9.88. The third-order valence-electron chi connectivity index (χ3n) is 3.52. The van der Waals surface area contributed by atoms with E-state index in [2.05, 4.69) is 0 Å². The Bertz CT molecular complexity index is 358. The van der Waals surface area contributed by atoms with Crippen molar-refractivity contribution in [1.82, 2.24) is 0 Å². The van der Waals surface area contributed by atoms with Crippen molar-refractivity contribution in [2.24, 2.45) is 0 Å². The van der Waals surface area contributed by atoms with Gasteiger partial charge in [-0.25, -0.2) is 0 Å². The van der Waals surface area contributed by atoms with Gasteiger partial charge >= 0.3 is 0 Å². The van der Waals surface area contributed by atoms with Crippen LogP contribution in [0.3, 0.4) is 0 Å². The van der Waals surface area contributed by atoms with Crippen molar-refractivity contribution < 1.29 is 23.7 Å². The summed E-state index contributed by atoms with van der Waals surface area (Å²) in [4.78, 5) is 11.9. The van der Waals surface area contributed by atoms with Crippen molar-refractivity contribution in [3.8, 4) is 0 Å². The fourth-order valence-electron chi connectivity index (χ4n) is 2.66. The van der Waals surface area contributed by atoms with Crippen LogP contribution < -0.4 is 0 Å². The summed E-state index contributed by atoms with van der Waals surface area (Å²) in [5, 5.41) is 0. The molecule has 2 atom stereocenters. The molecule has 5 nitrogen and oxygen atoms in total. The van der Waals surface area contributed by atoms with Crippen LogP contribution in [0, 0.1) is 0 Å². The number of fused-ring (bicyclic) bond motifs is 3. The first kappa shape index (κ1) is 11.3. The fraction of sp³-hybridized carbons (Fsp3) is 0.750. The normalized spacial score (nSPS) is 38.2. The van der Waals surface area contributed by atoms with Crippen LogP contribution >= 0.6 is 0 Å². The number of Topliss-reactive ketones (excluding diaryl/α,β-unsaturated/α-hetero) is 1. The molecule has 0 aromatic carbocycles. The molecule has 2 saturated heterocycles. The van der Waals surface area contributed by atoms with E-state index in [1.807, 2.05) is 13.0 Å². The van der Waals surface area contributed by atoms with E-state index in [1.165, 1.54) is 0 Å². The minimum atomic E-state index is -0.983. The van der Waals surface area contributed by atoms with Crippen LogP contribution in [0.25, 0.3) is 0 Å². The molecule has 3 rings (SSSR count). The van der Waals surface area contributed by atoms with Gasteiger partial charge in [-0.15, -0.1) is 0 Å². The van der Waals surface area contributed by atoms with Crippen molar-refractivity contribution in [3.63, 3.8) is 0 Å². The maximum atomic E-state index is 11.9. The van der Waals surface area contributed by atoms with Crippen LogP contribution in [0.4, 0.5) is 0 Å². The summed E-state index contributed by atoms with van der Waals surface area (Å²) in [6.45, 7) is 3.84. The lowest BCUT2D eigenvalue weighted by Gasteiger charge is -2.45. The van der Waals surface area contributed by atoms with Crippen molar-refractivity contribution in [2.75, 3.05) is 26.4 Å².